The minimum Gasteiger partial charge on any atom is -0.311 e. The molecular formula is C15H21N3. The van der Waals surface area contributed by atoms with Crippen molar-refractivity contribution in [3.63, 3.8) is 0 Å². The van der Waals surface area contributed by atoms with Crippen molar-refractivity contribution < 1.29 is 0 Å². The van der Waals surface area contributed by atoms with Gasteiger partial charge < -0.3 is 5.32 Å². The van der Waals surface area contributed by atoms with E-state index in [4.69, 9.17) is 0 Å². The van der Waals surface area contributed by atoms with E-state index in [1.807, 2.05) is 11.7 Å². The van der Waals surface area contributed by atoms with E-state index in [-0.39, 0.29) is 0 Å². The van der Waals surface area contributed by atoms with E-state index in [0.717, 1.165) is 19.0 Å². The number of hydrogen-bond acceptors (Lipinski definition) is 2. The summed E-state index contributed by atoms with van der Waals surface area (Å²) in [6, 6.07) is 8.45. The largest absolute Gasteiger partial charge is 0.311 e. The van der Waals surface area contributed by atoms with Crippen LogP contribution in [0, 0.1) is 5.92 Å². The molecule has 18 heavy (non-hydrogen) atoms. The molecule has 0 spiro atoms. The van der Waals surface area contributed by atoms with Gasteiger partial charge in [0.2, 0.25) is 0 Å². The van der Waals surface area contributed by atoms with Crippen molar-refractivity contribution >= 4 is 10.9 Å². The van der Waals surface area contributed by atoms with Crippen molar-refractivity contribution in [2.75, 3.05) is 6.54 Å². The Bertz CT molecular complexity index is 524. The van der Waals surface area contributed by atoms with Crippen LogP contribution in [0.15, 0.2) is 24.3 Å². The lowest BCUT2D eigenvalue weighted by Crippen LogP contribution is -2.21. The van der Waals surface area contributed by atoms with Crippen LogP contribution in [0.4, 0.5) is 0 Å². The lowest BCUT2D eigenvalue weighted by Gasteiger charge is -2.09. The third kappa shape index (κ3) is 2.27. The van der Waals surface area contributed by atoms with Gasteiger partial charge in [-0.25, -0.2) is 0 Å². The maximum atomic E-state index is 4.61. The molecule has 1 saturated carbocycles. The molecule has 0 saturated heterocycles. The average Bonchev–Trinajstić information content (AvgIpc) is 3.00. The van der Waals surface area contributed by atoms with E-state index >= 15 is 0 Å². The highest BCUT2D eigenvalue weighted by molar-refractivity contribution is 5.81. The van der Waals surface area contributed by atoms with Crippen molar-refractivity contribution in [2.45, 2.75) is 32.2 Å². The number of nitrogens with one attached hydrogen (secondary N) is 1. The summed E-state index contributed by atoms with van der Waals surface area (Å²) in [4.78, 5) is 0. The van der Waals surface area contributed by atoms with Crippen LogP contribution in [0.2, 0.25) is 0 Å². The number of nitrogens with zero attached hydrogens (tertiary/aromatic N) is 2. The van der Waals surface area contributed by atoms with Gasteiger partial charge in [-0.05, 0) is 31.4 Å². The van der Waals surface area contributed by atoms with Crippen molar-refractivity contribution in [3.05, 3.63) is 30.0 Å². The standard InChI is InChI=1S/C15H21N3/c1-18-15-9-5-4-8-13(15)14(17-18)11-16-10-12-6-2-3-7-12/h4-5,8-9,12,16H,2-3,6-7,10-11H2,1H3. The summed E-state index contributed by atoms with van der Waals surface area (Å²) >= 11 is 0. The zero-order valence-electron chi connectivity index (χ0n) is 11.0. The molecule has 1 N–H and O–H groups in total. The lowest BCUT2D eigenvalue weighted by atomic mass is 10.1. The minimum atomic E-state index is 0.887. The molecule has 3 nitrogen and oxygen atoms in total. The average molecular weight is 243 g/mol. The van der Waals surface area contributed by atoms with Gasteiger partial charge in [0, 0.05) is 19.0 Å². The second-order valence-electron chi connectivity index (χ2n) is 5.37. The van der Waals surface area contributed by atoms with Gasteiger partial charge in [0.05, 0.1) is 11.2 Å². The number of fused-ring (bicyclic) bond motifs is 1. The molecule has 0 atom stereocenters. The van der Waals surface area contributed by atoms with Crippen LogP contribution in [-0.2, 0) is 13.6 Å². The van der Waals surface area contributed by atoms with E-state index < -0.39 is 0 Å². The monoisotopic (exact) mass is 243 g/mol. The molecule has 0 aliphatic heterocycles. The predicted molar refractivity (Wildman–Crippen MR) is 74.4 cm³/mol. The summed E-state index contributed by atoms with van der Waals surface area (Å²) < 4.78 is 1.97. The van der Waals surface area contributed by atoms with Crippen LogP contribution in [0.3, 0.4) is 0 Å². The molecule has 0 radical (unpaired) electrons. The molecule has 1 heterocycles. The molecule has 0 bridgehead atoms. The van der Waals surface area contributed by atoms with Crippen LogP contribution in [0.5, 0.6) is 0 Å². The van der Waals surface area contributed by atoms with Gasteiger partial charge in [0.15, 0.2) is 0 Å². The number of hydrogen-bond donors (Lipinski definition) is 1. The van der Waals surface area contributed by atoms with Crippen molar-refractivity contribution in [1.82, 2.24) is 15.1 Å². The van der Waals surface area contributed by atoms with Gasteiger partial charge in [-0.15, -0.1) is 0 Å². The Morgan fingerprint density at radius 1 is 1.28 bits per heavy atom. The Morgan fingerprint density at radius 3 is 2.89 bits per heavy atom. The van der Waals surface area contributed by atoms with Gasteiger partial charge in [0.1, 0.15) is 0 Å². The van der Waals surface area contributed by atoms with E-state index in [1.54, 1.807) is 0 Å². The summed E-state index contributed by atoms with van der Waals surface area (Å²) in [6.07, 6.45) is 5.63. The van der Waals surface area contributed by atoms with Crippen molar-refractivity contribution in [3.8, 4) is 0 Å². The first kappa shape index (κ1) is 11.7. The van der Waals surface area contributed by atoms with Gasteiger partial charge in [-0.3, -0.25) is 4.68 Å². The van der Waals surface area contributed by atoms with Crippen LogP contribution < -0.4 is 5.32 Å². The number of para-hydroxylation sites is 1. The Hall–Kier alpha value is -1.35. The third-order valence-electron chi connectivity index (χ3n) is 4.03. The molecule has 1 aliphatic rings. The highest BCUT2D eigenvalue weighted by Gasteiger charge is 2.14. The molecule has 1 aliphatic carbocycles. The summed E-state index contributed by atoms with van der Waals surface area (Å²) in [6.45, 7) is 2.03. The number of aromatic nitrogens is 2. The normalized spacial score (nSPS) is 16.7. The summed E-state index contributed by atoms with van der Waals surface area (Å²) in [5.74, 6) is 0.889. The Kier molecular flexibility index (Phi) is 3.33. The molecule has 96 valence electrons. The Morgan fingerprint density at radius 2 is 2.06 bits per heavy atom. The Labute approximate surface area is 108 Å². The first-order valence-corrected chi connectivity index (χ1v) is 6.96. The maximum Gasteiger partial charge on any atom is 0.0841 e. The second-order valence-corrected chi connectivity index (χ2v) is 5.37. The summed E-state index contributed by atoms with van der Waals surface area (Å²) in [5, 5.41) is 9.46. The van der Waals surface area contributed by atoms with E-state index in [2.05, 4.69) is 34.7 Å². The van der Waals surface area contributed by atoms with E-state index in [9.17, 15) is 0 Å². The quantitative estimate of drug-likeness (QED) is 0.895. The fourth-order valence-corrected chi connectivity index (χ4v) is 3.03. The molecule has 1 aromatic carbocycles. The van der Waals surface area contributed by atoms with Crippen molar-refractivity contribution in [1.29, 1.82) is 0 Å². The molecule has 2 aromatic rings. The zero-order chi connectivity index (χ0) is 12.4. The lowest BCUT2D eigenvalue weighted by molar-refractivity contribution is 0.486. The fourth-order valence-electron chi connectivity index (χ4n) is 3.03. The Balaban J connectivity index is 1.67. The van der Waals surface area contributed by atoms with Gasteiger partial charge in [0.25, 0.3) is 0 Å². The van der Waals surface area contributed by atoms with Crippen LogP contribution >= 0.6 is 0 Å². The van der Waals surface area contributed by atoms with Crippen LogP contribution in [0.25, 0.3) is 10.9 Å². The molecule has 1 aromatic heterocycles. The molecular weight excluding hydrogens is 222 g/mol. The number of aryl methyl sites for hydroxylation is 1. The van der Waals surface area contributed by atoms with Crippen molar-refractivity contribution in [2.24, 2.45) is 13.0 Å². The molecule has 0 unspecified atom stereocenters. The first-order chi connectivity index (χ1) is 8.84. The zero-order valence-corrected chi connectivity index (χ0v) is 11.0. The second kappa shape index (κ2) is 5.11. The predicted octanol–water partition coefficient (Wildman–Crippen LogP) is 2.85. The highest BCUT2D eigenvalue weighted by atomic mass is 15.3. The molecule has 0 amide bonds. The summed E-state index contributed by atoms with van der Waals surface area (Å²) in [5.41, 5.74) is 2.39. The fraction of sp³-hybridized carbons (Fsp3) is 0.533. The van der Waals surface area contributed by atoms with Crippen LogP contribution in [0.1, 0.15) is 31.4 Å². The van der Waals surface area contributed by atoms with E-state index in [0.29, 0.717) is 0 Å². The van der Waals surface area contributed by atoms with Gasteiger partial charge in [-0.1, -0.05) is 31.0 Å². The van der Waals surface area contributed by atoms with Crippen LogP contribution in [-0.4, -0.2) is 16.3 Å². The maximum absolute atomic E-state index is 4.61. The highest BCUT2D eigenvalue weighted by Crippen LogP contribution is 2.24. The number of benzene rings is 1. The smallest absolute Gasteiger partial charge is 0.0841 e. The van der Waals surface area contributed by atoms with Gasteiger partial charge in [-0.2, -0.15) is 5.10 Å². The molecule has 3 rings (SSSR count). The molecule has 3 heteroatoms. The topological polar surface area (TPSA) is 29.9 Å². The third-order valence-corrected chi connectivity index (χ3v) is 4.03. The molecule has 1 fully saturated rings. The summed E-state index contributed by atoms with van der Waals surface area (Å²) in [7, 11) is 2.02. The SMILES string of the molecule is Cn1nc(CNCC2CCCC2)c2ccccc21. The van der Waals surface area contributed by atoms with E-state index in [1.165, 1.54) is 42.3 Å². The number of rotatable bonds is 4. The first-order valence-electron chi connectivity index (χ1n) is 6.96. The minimum absolute atomic E-state index is 0.887. The van der Waals surface area contributed by atoms with Gasteiger partial charge >= 0.3 is 0 Å².